The van der Waals surface area contributed by atoms with E-state index in [9.17, 15) is 5.11 Å². The smallest absolute Gasteiger partial charge is 0.180 e. The fourth-order valence-corrected chi connectivity index (χ4v) is 1.80. The van der Waals surface area contributed by atoms with Gasteiger partial charge in [-0.05, 0) is 15.9 Å². The maximum Gasteiger partial charge on any atom is 0.180 e. The number of nitrogens with zero attached hydrogens (tertiary/aromatic N) is 3. The summed E-state index contributed by atoms with van der Waals surface area (Å²) in [6, 6.07) is 0. The van der Waals surface area contributed by atoms with Crippen molar-refractivity contribution >= 4 is 27.4 Å². The molecule has 17 heavy (non-hydrogen) atoms. The van der Waals surface area contributed by atoms with Gasteiger partial charge in [0.15, 0.2) is 11.5 Å². The summed E-state index contributed by atoms with van der Waals surface area (Å²) in [5, 5.41) is 12.4. The van der Waals surface area contributed by atoms with Gasteiger partial charge in [0.2, 0.25) is 0 Å². The normalized spacial score (nSPS) is 12.0. The molecule has 2 aromatic heterocycles. The summed E-state index contributed by atoms with van der Waals surface area (Å²) in [7, 11) is 0. The Morgan fingerprint density at radius 1 is 1.53 bits per heavy atom. The van der Waals surface area contributed by atoms with Crippen molar-refractivity contribution in [3.05, 3.63) is 23.2 Å². The average molecular weight is 299 g/mol. The lowest BCUT2D eigenvalue weighted by Crippen LogP contribution is -2.27. The zero-order valence-electron chi connectivity index (χ0n) is 9.81. The van der Waals surface area contributed by atoms with Gasteiger partial charge in [-0.15, -0.1) is 0 Å². The summed E-state index contributed by atoms with van der Waals surface area (Å²) in [5.74, 6) is 0.714. The molecule has 2 heterocycles. The molecule has 2 aromatic rings. The molecule has 0 saturated carbocycles. The molecule has 0 aliphatic rings. The monoisotopic (exact) mass is 298 g/mol. The molecule has 0 radical (unpaired) electrons. The molecule has 0 aliphatic heterocycles. The molecule has 92 valence electrons. The molecule has 2 rings (SSSR count). The number of fused-ring (bicyclic) bond motifs is 1. The summed E-state index contributed by atoms with van der Waals surface area (Å²) >= 11 is 3.36. The van der Waals surface area contributed by atoms with Gasteiger partial charge in [-0.3, -0.25) is 0 Å². The first-order chi connectivity index (χ1) is 8.02. The largest absolute Gasteiger partial charge is 0.396 e. The molecule has 0 spiro atoms. The standard InChI is InChI=1S/C11H15BrN4O/c1-11(2,7-17)6-14-9-10-13-3-4-16(10)5-8(12)15-9/h3-5,17H,6-7H2,1-2H3,(H,14,15). The van der Waals surface area contributed by atoms with Gasteiger partial charge in [-0.25, -0.2) is 9.97 Å². The molecule has 5 nitrogen and oxygen atoms in total. The summed E-state index contributed by atoms with van der Waals surface area (Å²) in [4.78, 5) is 8.59. The first-order valence-electron chi connectivity index (χ1n) is 5.36. The Bertz CT molecular complexity index is 523. The van der Waals surface area contributed by atoms with E-state index in [2.05, 4.69) is 31.2 Å². The highest BCUT2D eigenvalue weighted by molar-refractivity contribution is 9.10. The minimum Gasteiger partial charge on any atom is -0.396 e. The van der Waals surface area contributed by atoms with Gasteiger partial charge < -0.3 is 14.8 Å². The van der Waals surface area contributed by atoms with Crippen LogP contribution in [-0.2, 0) is 0 Å². The third-order valence-corrected chi connectivity index (χ3v) is 2.89. The summed E-state index contributed by atoms with van der Waals surface area (Å²) < 4.78 is 2.64. The molecule has 0 bridgehead atoms. The Hall–Kier alpha value is -1.14. The second kappa shape index (κ2) is 4.62. The molecule has 0 saturated heterocycles. The Balaban J connectivity index is 2.26. The topological polar surface area (TPSA) is 62.5 Å². The molecule has 0 aliphatic carbocycles. The summed E-state index contributed by atoms with van der Waals surface area (Å²) in [6.07, 6.45) is 5.45. The number of anilines is 1. The van der Waals surface area contributed by atoms with Gasteiger partial charge >= 0.3 is 0 Å². The van der Waals surface area contributed by atoms with E-state index in [4.69, 9.17) is 0 Å². The van der Waals surface area contributed by atoms with Crippen LogP contribution in [0, 0.1) is 5.41 Å². The lowest BCUT2D eigenvalue weighted by Gasteiger charge is -2.22. The highest BCUT2D eigenvalue weighted by Crippen LogP contribution is 2.19. The van der Waals surface area contributed by atoms with E-state index in [0.29, 0.717) is 12.4 Å². The van der Waals surface area contributed by atoms with E-state index in [1.807, 2.05) is 30.6 Å². The van der Waals surface area contributed by atoms with Crippen LogP contribution >= 0.6 is 15.9 Å². The highest BCUT2D eigenvalue weighted by atomic mass is 79.9. The zero-order valence-corrected chi connectivity index (χ0v) is 11.4. The number of aliphatic hydroxyl groups is 1. The van der Waals surface area contributed by atoms with Crippen LogP contribution < -0.4 is 5.32 Å². The number of rotatable bonds is 4. The van der Waals surface area contributed by atoms with Crippen LogP contribution in [0.4, 0.5) is 5.82 Å². The van der Waals surface area contributed by atoms with Gasteiger partial charge in [-0.2, -0.15) is 0 Å². The fourth-order valence-electron chi connectivity index (χ4n) is 1.40. The third-order valence-electron chi connectivity index (χ3n) is 2.51. The molecule has 0 fully saturated rings. The molecule has 0 aromatic carbocycles. The van der Waals surface area contributed by atoms with Crippen molar-refractivity contribution < 1.29 is 5.11 Å². The Kier molecular flexibility index (Phi) is 3.35. The number of hydrogen-bond donors (Lipinski definition) is 2. The SMILES string of the molecule is CC(C)(CO)CNc1nc(Br)cn2ccnc12. The van der Waals surface area contributed by atoms with Gasteiger partial charge in [0.1, 0.15) is 4.60 Å². The lowest BCUT2D eigenvalue weighted by atomic mass is 9.95. The molecule has 2 N–H and O–H groups in total. The van der Waals surface area contributed by atoms with Crippen molar-refractivity contribution in [2.24, 2.45) is 5.41 Å². The van der Waals surface area contributed by atoms with E-state index in [1.54, 1.807) is 6.20 Å². The second-order valence-corrected chi connectivity index (χ2v) is 5.56. The van der Waals surface area contributed by atoms with Gasteiger partial charge in [0.25, 0.3) is 0 Å². The fraction of sp³-hybridized carbons (Fsp3) is 0.455. The quantitative estimate of drug-likeness (QED) is 0.905. The van der Waals surface area contributed by atoms with E-state index in [0.717, 1.165) is 10.3 Å². The van der Waals surface area contributed by atoms with Crippen molar-refractivity contribution in [2.45, 2.75) is 13.8 Å². The summed E-state index contributed by atoms with van der Waals surface area (Å²) in [6.45, 7) is 4.73. The van der Waals surface area contributed by atoms with E-state index >= 15 is 0 Å². The molecule has 0 unspecified atom stereocenters. The second-order valence-electron chi connectivity index (χ2n) is 4.75. The highest BCUT2D eigenvalue weighted by Gasteiger charge is 2.17. The summed E-state index contributed by atoms with van der Waals surface area (Å²) in [5.41, 5.74) is 0.593. The first-order valence-corrected chi connectivity index (χ1v) is 6.15. The number of halogens is 1. The van der Waals surface area contributed by atoms with Gasteiger partial charge in [0.05, 0.1) is 0 Å². The van der Waals surface area contributed by atoms with Crippen molar-refractivity contribution in [2.75, 3.05) is 18.5 Å². The third kappa shape index (κ3) is 2.76. The Morgan fingerprint density at radius 3 is 3.00 bits per heavy atom. The average Bonchev–Trinajstić information content (AvgIpc) is 2.73. The number of hydrogen-bond acceptors (Lipinski definition) is 4. The number of imidazole rings is 1. The van der Waals surface area contributed by atoms with E-state index in [-0.39, 0.29) is 12.0 Å². The molecule has 6 heteroatoms. The van der Waals surface area contributed by atoms with Gasteiger partial charge in [0, 0.05) is 37.2 Å². The van der Waals surface area contributed by atoms with Crippen molar-refractivity contribution in [3.8, 4) is 0 Å². The van der Waals surface area contributed by atoms with Crippen LogP contribution in [0.25, 0.3) is 5.65 Å². The number of aliphatic hydroxyl groups excluding tert-OH is 1. The van der Waals surface area contributed by atoms with Crippen LogP contribution in [0.1, 0.15) is 13.8 Å². The van der Waals surface area contributed by atoms with E-state index in [1.165, 1.54) is 0 Å². The van der Waals surface area contributed by atoms with Crippen molar-refractivity contribution in [3.63, 3.8) is 0 Å². The lowest BCUT2D eigenvalue weighted by molar-refractivity contribution is 0.171. The van der Waals surface area contributed by atoms with Crippen LogP contribution in [-0.4, -0.2) is 32.6 Å². The predicted molar refractivity (Wildman–Crippen MR) is 70.0 cm³/mol. The first kappa shape index (κ1) is 12.3. The van der Waals surface area contributed by atoms with Crippen LogP contribution in [0.3, 0.4) is 0 Å². The minimum absolute atomic E-state index is 0.124. The predicted octanol–water partition coefficient (Wildman–Crippen LogP) is 1.92. The molecule has 0 atom stereocenters. The van der Waals surface area contributed by atoms with Crippen LogP contribution in [0.5, 0.6) is 0 Å². The van der Waals surface area contributed by atoms with Crippen LogP contribution in [0.2, 0.25) is 0 Å². The molecular weight excluding hydrogens is 284 g/mol. The molecular formula is C11H15BrN4O. The number of aromatic nitrogens is 3. The number of nitrogens with one attached hydrogen (secondary N) is 1. The van der Waals surface area contributed by atoms with Crippen molar-refractivity contribution in [1.82, 2.24) is 14.4 Å². The Morgan fingerprint density at radius 2 is 2.29 bits per heavy atom. The van der Waals surface area contributed by atoms with Crippen molar-refractivity contribution in [1.29, 1.82) is 0 Å². The minimum atomic E-state index is -0.187. The van der Waals surface area contributed by atoms with Gasteiger partial charge in [-0.1, -0.05) is 13.8 Å². The zero-order chi connectivity index (χ0) is 12.5. The molecule has 0 amide bonds. The van der Waals surface area contributed by atoms with Crippen LogP contribution in [0.15, 0.2) is 23.2 Å². The Labute approximate surface area is 108 Å². The maximum atomic E-state index is 9.21. The van der Waals surface area contributed by atoms with E-state index < -0.39 is 0 Å². The maximum absolute atomic E-state index is 9.21.